The average Bonchev–Trinajstić information content (AvgIpc) is 2.77. The number of aromatic amines is 1. The lowest BCUT2D eigenvalue weighted by molar-refractivity contribution is 0.626. The fraction of sp³-hybridized carbons (Fsp3) is 0.429. The number of unbranched alkanes of at least 4 members (excludes halogenated alkanes) is 1. The van der Waals surface area contributed by atoms with Gasteiger partial charge in [0.05, 0.1) is 10.6 Å². The van der Waals surface area contributed by atoms with Gasteiger partial charge in [0, 0.05) is 30.4 Å². The molecule has 0 spiro atoms. The largest absolute Gasteiger partial charge is 0.386 e. The molecule has 0 amide bonds. The van der Waals surface area contributed by atoms with Gasteiger partial charge < -0.3 is 5.32 Å². The molecule has 1 aliphatic rings. The Morgan fingerprint density at radius 2 is 2.14 bits per heavy atom. The molecule has 0 radical (unpaired) electrons. The summed E-state index contributed by atoms with van der Waals surface area (Å²) in [6.07, 6.45) is 5.48. The molecule has 2 N–H and O–H groups in total. The second-order valence-electron chi connectivity index (χ2n) is 4.97. The minimum absolute atomic E-state index is 0.159. The van der Waals surface area contributed by atoms with E-state index in [0.717, 1.165) is 30.8 Å². The Balaban J connectivity index is 2.43. The molecular weight excluding hydrogens is 290 g/mol. The Morgan fingerprint density at radius 1 is 1.38 bits per heavy atom. The number of aromatic nitrogens is 2. The van der Waals surface area contributed by atoms with E-state index in [1.807, 2.05) is 0 Å². The van der Waals surface area contributed by atoms with Crippen molar-refractivity contribution in [2.75, 3.05) is 6.54 Å². The molecular formula is C14H19N3O3S. The maximum Gasteiger partial charge on any atom is 0.271 e. The molecule has 0 aliphatic heterocycles. The predicted molar refractivity (Wildman–Crippen MR) is 83.6 cm³/mol. The monoisotopic (exact) mass is 309 g/mol. The molecule has 0 aromatic carbocycles. The van der Waals surface area contributed by atoms with Crippen LogP contribution in [-0.2, 0) is 10.3 Å². The fourth-order valence-corrected chi connectivity index (χ4v) is 2.62. The van der Waals surface area contributed by atoms with Crippen LogP contribution in [0.2, 0.25) is 0 Å². The highest BCUT2D eigenvalue weighted by Crippen LogP contribution is 2.18. The van der Waals surface area contributed by atoms with Crippen LogP contribution in [0.4, 0.5) is 0 Å². The van der Waals surface area contributed by atoms with Gasteiger partial charge in [0.15, 0.2) is 0 Å². The normalized spacial score (nSPS) is 14.7. The number of H-pyrrole nitrogens is 1. The zero-order valence-corrected chi connectivity index (χ0v) is 13.0. The summed E-state index contributed by atoms with van der Waals surface area (Å²) in [7, 11) is -2.24. The fourth-order valence-electron chi connectivity index (χ4n) is 2.18. The highest BCUT2D eigenvalue weighted by molar-refractivity contribution is 7.73. The lowest BCUT2D eigenvalue weighted by Gasteiger charge is -2.18. The van der Waals surface area contributed by atoms with Crippen LogP contribution in [0.25, 0.3) is 5.70 Å². The van der Waals surface area contributed by atoms with Crippen LogP contribution < -0.4 is 10.9 Å². The highest BCUT2D eigenvalue weighted by atomic mass is 32.2. The van der Waals surface area contributed by atoms with E-state index in [0.29, 0.717) is 10.6 Å². The molecule has 1 heterocycles. The number of nitrogens with one attached hydrogen (secondary N) is 2. The standard InChI is InChI=1S/C14H19N3O3S/c1-3-4-7-15-12-9-11(21(19)20)5-6-13(12)17-14(18)8-10(2)16-17/h5-6,8,15-16H,3-4,7,9H2,1-2H3. The van der Waals surface area contributed by atoms with Crippen molar-refractivity contribution in [2.45, 2.75) is 33.1 Å². The zero-order valence-electron chi connectivity index (χ0n) is 12.1. The average molecular weight is 309 g/mol. The lowest BCUT2D eigenvalue weighted by atomic mass is 10.1. The molecule has 0 unspecified atom stereocenters. The third-order valence-corrected chi connectivity index (χ3v) is 3.97. The maximum absolute atomic E-state index is 11.9. The number of rotatable bonds is 5. The Morgan fingerprint density at radius 3 is 2.71 bits per heavy atom. The van der Waals surface area contributed by atoms with Crippen LogP contribution in [0.3, 0.4) is 0 Å². The van der Waals surface area contributed by atoms with Gasteiger partial charge in [-0.1, -0.05) is 13.3 Å². The van der Waals surface area contributed by atoms with E-state index in [1.165, 1.54) is 16.8 Å². The van der Waals surface area contributed by atoms with Crippen LogP contribution in [-0.4, -0.2) is 29.6 Å². The zero-order chi connectivity index (χ0) is 15.4. The maximum atomic E-state index is 11.9. The predicted octanol–water partition coefficient (Wildman–Crippen LogP) is 1.05. The van der Waals surface area contributed by atoms with Crippen LogP contribution >= 0.6 is 0 Å². The first-order chi connectivity index (χ1) is 10.0. The molecule has 21 heavy (non-hydrogen) atoms. The van der Waals surface area contributed by atoms with Gasteiger partial charge in [-0.25, -0.2) is 4.68 Å². The van der Waals surface area contributed by atoms with E-state index in [-0.39, 0.29) is 12.0 Å². The molecule has 0 bridgehead atoms. The summed E-state index contributed by atoms with van der Waals surface area (Å²) >= 11 is 0. The summed E-state index contributed by atoms with van der Waals surface area (Å²) in [5.41, 5.74) is 2.01. The number of nitrogens with zero attached hydrogens (tertiary/aromatic N) is 1. The molecule has 6 nitrogen and oxygen atoms in total. The topological polar surface area (TPSA) is 84.0 Å². The van der Waals surface area contributed by atoms with E-state index < -0.39 is 10.3 Å². The van der Waals surface area contributed by atoms with Crippen molar-refractivity contribution in [3.8, 4) is 0 Å². The first-order valence-corrected chi connectivity index (χ1v) is 7.99. The van der Waals surface area contributed by atoms with Gasteiger partial charge in [-0.3, -0.25) is 9.89 Å². The highest BCUT2D eigenvalue weighted by Gasteiger charge is 2.16. The van der Waals surface area contributed by atoms with Gasteiger partial charge in [-0.2, -0.15) is 8.42 Å². The van der Waals surface area contributed by atoms with Gasteiger partial charge in [-0.05, 0) is 25.5 Å². The molecule has 1 aromatic rings. The van der Waals surface area contributed by atoms with Gasteiger partial charge in [0.1, 0.15) is 0 Å². The Hall–Kier alpha value is -2.02. The summed E-state index contributed by atoms with van der Waals surface area (Å²) < 4.78 is 23.7. The molecule has 0 fully saturated rings. The lowest BCUT2D eigenvalue weighted by Crippen LogP contribution is -2.25. The van der Waals surface area contributed by atoms with Crippen LogP contribution in [0.15, 0.2) is 28.7 Å². The van der Waals surface area contributed by atoms with E-state index in [9.17, 15) is 13.2 Å². The molecule has 7 heteroatoms. The van der Waals surface area contributed by atoms with Crippen molar-refractivity contribution in [2.24, 2.45) is 0 Å². The second kappa shape index (κ2) is 6.62. The van der Waals surface area contributed by atoms with Crippen LogP contribution in [0.5, 0.6) is 0 Å². The first kappa shape index (κ1) is 15.4. The molecule has 1 aliphatic carbocycles. The third-order valence-electron chi connectivity index (χ3n) is 3.26. The van der Waals surface area contributed by atoms with Gasteiger partial charge >= 0.3 is 0 Å². The van der Waals surface area contributed by atoms with E-state index >= 15 is 0 Å². The summed E-state index contributed by atoms with van der Waals surface area (Å²) in [6.45, 7) is 4.64. The number of allylic oxidation sites excluding steroid dienone is 4. The first-order valence-electron chi connectivity index (χ1n) is 6.92. The van der Waals surface area contributed by atoms with Gasteiger partial charge in [0.2, 0.25) is 10.3 Å². The van der Waals surface area contributed by atoms with Crippen molar-refractivity contribution in [1.29, 1.82) is 0 Å². The molecule has 2 rings (SSSR count). The van der Waals surface area contributed by atoms with Crippen molar-refractivity contribution < 1.29 is 8.42 Å². The summed E-state index contributed by atoms with van der Waals surface area (Å²) in [6, 6.07) is 1.51. The van der Waals surface area contributed by atoms with Crippen molar-refractivity contribution >= 4 is 20.9 Å². The second-order valence-corrected chi connectivity index (χ2v) is 5.96. The van der Waals surface area contributed by atoms with E-state index in [4.69, 9.17) is 0 Å². The third kappa shape index (κ3) is 3.55. The minimum atomic E-state index is -2.24. The molecule has 1 aromatic heterocycles. The number of hydrogen-bond donors (Lipinski definition) is 2. The molecule has 0 saturated carbocycles. The van der Waals surface area contributed by atoms with Crippen LogP contribution in [0, 0.1) is 6.92 Å². The Labute approximate surface area is 124 Å². The Bertz CT molecular complexity index is 771. The van der Waals surface area contributed by atoms with Crippen molar-refractivity contribution in [1.82, 2.24) is 15.1 Å². The summed E-state index contributed by atoms with van der Waals surface area (Å²) in [5, 5.41) is 6.22. The van der Waals surface area contributed by atoms with Gasteiger partial charge in [-0.15, -0.1) is 0 Å². The van der Waals surface area contributed by atoms with Crippen molar-refractivity contribution in [3.05, 3.63) is 40.0 Å². The SMILES string of the molecule is CCCCNC1=C(n2[nH]c(C)cc2=O)C=CC(=S(=O)=O)C1. The van der Waals surface area contributed by atoms with E-state index in [2.05, 4.69) is 17.3 Å². The van der Waals surface area contributed by atoms with E-state index in [1.54, 1.807) is 13.0 Å². The number of aryl methyl sites for hydroxylation is 1. The van der Waals surface area contributed by atoms with Gasteiger partial charge in [0.25, 0.3) is 5.56 Å². The Kier molecular flexibility index (Phi) is 4.85. The minimum Gasteiger partial charge on any atom is -0.386 e. The number of hydrogen-bond acceptors (Lipinski definition) is 4. The quantitative estimate of drug-likeness (QED) is 0.629. The van der Waals surface area contributed by atoms with Crippen molar-refractivity contribution in [3.63, 3.8) is 0 Å². The molecule has 114 valence electrons. The summed E-state index contributed by atoms with van der Waals surface area (Å²) in [4.78, 5) is 12.3. The molecule has 0 atom stereocenters. The van der Waals surface area contributed by atoms with Crippen LogP contribution in [0.1, 0.15) is 31.9 Å². The molecule has 0 saturated heterocycles. The smallest absolute Gasteiger partial charge is 0.271 e. The summed E-state index contributed by atoms with van der Waals surface area (Å²) in [5.74, 6) is 0.